The summed E-state index contributed by atoms with van der Waals surface area (Å²) in [4.78, 5) is 30.7. The van der Waals surface area contributed by atoms with Gasteiger partial charge >= 0.3 is 0 Å². The number of thiazole rings is 1. The fraction of sp³-hybridized carbons (Fsp3) is 0.0909. The van der Waals surface area contributed by atoms with E-state index in [9.17, 15) is 9.59 Å². The number of nitrogens with one attached hydrogen (secondary N) is 1. The number of ketones is 1. The van der Waals surface area contributed by atoms with Crippen LogP contribution in [-0.2, 0) is 0 Å². The molecule has 0 saturated carbocycles. The number of pyridine rings is 1. The summed E-state index contributed by atoms with van der Waals surface area (Å²) in [7, 11) is 0. The van der Waals surface area contributed by atoms with Crippen molar-refractivity contribution in [1.82, 2.24) is 9.97 Å². The molecule has 0 saturated heterocycles. The Morgan fingerprint density at radius 2 is 2.22 bits per heavy atom. The monoisotopic (exact) mass is 281 g/mol. The molecule has 2 aromatic heterocycles. The molecular formula is C11H8ClN3O2S. The Morgan fingerprint density at radius 1 is 1.44 bits per heavy atom. The molecule has 2 heterocycles. The van der Waals surface area contributed by atoms with Crippen LogP contribution in [0.1, 0.15) is 27.8 Å². The Kier molecular flexibility index (Phi) is 3.69. The van der Waals surface area contributed by atoms with Crippen LogP contribution in [-0.4, -0.2) is 21.7 Å². The van der Waals surface area contributed by atoms with Gasteiger partial charge < -0.3 is 0 Å². The molecule has 1 amide bonds. The van der Waals surface area contributed by atoms with Gasteiger partial charge in [0.25, 0.3) is 5.91 Å². The molecule has 0 aliphatic heterocycles. The molecule has 2 aromatic rings. The summed E-state index contributed by atoms with van der Waals surface area (Å²) in [5.74, 6) is -0.484. The van der Waals surface area contributed by atoms with Crippen molar-refractivity contribution >= 4 is 39.8 Å². The van der Waals surface area contributed by atoms with E-state index in [1.165, 1.54) is 30.5 Å². The fourth-order valence-electron chi connectivity index (χ4n) is 1.21. The number of carbonyl (C=O) groups excluding carboxylic acids is 2. The second kappa shape index (κ2) is 5.24. The van der Waals surface area contributed by atoms with Crippen molar-refractivity contribution in [2.75, 3.05) is 5.32 Å². The van der Waals surface area contributed by atoms with Crippen LogP contribution in [0.2, 0.25) is 5.15 Å². The largest absolute Gasteiger partial charge is 0.298 e. The van der Waals surface area contributed by atoms with Crippen LogP contribution < -0.4 is 5.32 Å². The van der Waals surface area contributed by atoms with Crippen molar-refractivity contribution in [2.24, 2.45) is 0 Å². The Morgan fingerprint density at radius 3 is 2.83 bits per heavy atom. The van der Waals surface area contributed by atoms with Gasteiger partial charge in [0, 0.05) is 24.1 Å². The number of rotatable bonds is 3. The number of aromatic nitrogens is 2. The number of hydrogen-bond donors (Lipinski definition) is 1. The van der Waals surface area contributed by atoms with Crippen LogP contribution in [0.3, 0.4) is 0 Å². The Balaban J connectivity index is 2.13. The number of amides is 1. The summed E-state index contributed by atoms with van der Waals surface area (Å²) >= 11 is 6.88. The zero-order valence-electron chi connectivity index (χ0n) is 9.31. The van der Waals surface area contributed by atoms with E-state index >= 15 is 0 Å². The number of nitrogens with zero attached hydrogens (tertiary/aromatic N) is 2. The van der Waals surface area contributed by atoms with Crippen LogP contribution in [0.4, 0.5) is 5.13 Å². The van der Waals surface area contributed by atoms with Gasteiger partial charge in [0.05, 0.1) is 0 Å². The highest BCUT2D eigenvalue weighted by Crippen LogP contribution is 2.17. The van der Waals surface area contributed by atoms with Gasteiger partial charge in [-0.1, -0.05) is 11.6 Å². The van der Waals surface area contributed by atoms with Gasteiger partial charge in [-0.05, 0) is 12.1 Å². The molecule has 0 aliphatic rings. The van der Waals surface area contributed by atoms with Crippen molar-refractivity contribution in [3.8, 4) is 0 Å². The van der Waals surface area contributed by atoms with Crippen molar-refractivity contribution in [3.05, 3.63) is 40.1 Å². The minimum absolute atomic E-state index is 0.140. The lowest BCUT2D eigenvalue weighted by Crippen LogP contribution is -2.12. The first-order valence-electron chi connectivity index (χ1n) is 4.95. The first-order valence-corrected chi connectivity index (χ1v) is 6.21. The van der Waals surface area contributed by atoms with E-state index in [1.54, 1.807) is 11.4 Å². The van der Waals surface area contributed by atoms with Crippen LogP contribution in [0.15, 0.2) is 23.7 Å². The molecule has 0 spiro atoms. The highest BCUT2D eigenvalue weighted by Gasteiger charge is 2.11. The lowest BCUT2D eigenvalue weighted by molar-refractivity contribution is 0.100. The molecule has 1 N–H and O–H groups in total. The Labute approximate surface area is 112 Å². The topological polar surface area (TPSA) is 72.0 Å². The minimum atomic E-state index is -0.344. The molecule has 0 fully saturated rings. The number of halogens is 1. The van der Waals surface area contributed by atoms with E-state index in [4.69, 9.17) is 11.6 Å². The molecular weight excluding hydrogens is 274 g/mol. The summed E-state index contributed by atoms with van der Waals surface area (Å²) in [6.45, 7) is 1.42. The Bertz CT molecular complexity index is 612. The molecule has 18 heavy (non-hydrogen) atoms. The van der Waals surface area contributed by atoms with E-state index in [2.05, 4.69) is 15.3 Å². The first kappa shape index (κ1) is 12.7. The predicted molar refractivity (Wildman–Crippen MR) is 69.3 cm³/mol. The third kappa shape index (κ3) is 2.91. The van der Waals surface area contributed by atoms with Gasteiger partial charge in [-0.3, -0.25) is 14.9 Å². The second-order valence-electron chi connectivity index (χ2n) is 3.42. The number of Topliss-reactive ketones (excluding diaryl/α,β-unsaturated/α-hetero) is 1. The fourth-order valence-corrected chi connectivity index (χ4v) is 2.12. The molecule has 7 heteroatoms. The number of carbonyl (C=O) groups is 2. The average molecular weight is 282 g/mol. The average Bonchev–Trinajstić information content (AvgIpc) is 2.77. The van der Waals surface area contributed by atoms with Crippen LogP contribution >= 0.6 is 22.9 Å². The molecule has 0 bridgehead atoms. The van der Waals surface area contributed by atoms with Crippen LogP contribution in [0.25, 0.3) is 0 Å². The van der Waals surface area contributed by atoms with Crippen molar-refractivity contribution in [2.45, 2.75) is 6.92 Å². The maximum Gasteiger partial charge on any atom is 0.257 e. The Hall–Kier alpha value is -1.79. The van der Waals surface area contributed by atoms with Gasteiger partial charge in [0.1, 0.15) is 10.8 Å². The predicted octanol–water partition coefficient (Wildman–Crippen LogP) is 2.65. The van der Waals surface area contributed by atoms with Gasteiger partial charge in [-0.25, -0.2) is 9.97 Å². The standard InChI is InChI=1S/C11H8ClN3O2S/c1-6(16)8-5-18-11(14-8)15-10(17)7-2-3-13-9(12)4-7/h2-5H,1H3,(H,14,15,17). The summed E-state index contributed by atoms with van der Waals surface area (Å²) in [6, 6.07) is 3.00. The van der Waals surface area contributed by atoms with Crippen molar-refractivity contribution in [1.29, 1.82) is 0 Å². The molecule has 0 aromatic carbocycles. The lowest BCUT2D eigenvalue weighted by Gasteiger charge is -2.01. The lowest BCUT2D eigenvalue weighted by atomic mass is 10.2. The van der Waals surface area contributed by atoms with Crippen molar-refractivity contribution < 1.29 is 9.59 Å². The molecule has 0 atom stereocenters. The van der Waals surface area contributed by atoms with Gasteiger partial charge in [-0.2, -0.15) is 0 Å². The smallest absolute Gasteiger partial charge is 0.257 e. The third-order valence-electron chi connectivity index (χ3n) is 2.07. The quantitative estimate of drug-likeness (QED) is 0.693. The van der Waals surface area contributed by atoms with Gasteiger partial charge in [-0.15, -0.1) is 11.3 Å². The van der Waals surface area contributed by atoms with E-state index < -0.39 is 0 Å². The van der Waals surface area contributed by atoms with Crippen LogP contribution in [0, 0.1) is 0 Å². The van der Waals surface area contributed by atoms with Crippen molar-refractivity contribution in [3.63, 3.8) is 0 Å². The molecule has 2 rings (SSSR count). The maximum atomic E-state index is 11.8. The summed E-state index contributed by atoms with van der Waals surface area (Å²) in [5.41, 5.74) is 0.720. The molecule has 0 aliphatic carbocycles. The minimum Gasteiger partial charge on any atom is -0.298 e. The molecule has 92 valence electrons. The van der Waals surface area contributed by atoms with Gasteiger partial charge in [0.15, 0.2) is 10.9 Å². The normalized spacial score (nSPS) is 10.1. The van der Waals surface area contributed by atoms with E-state index in [-0.39, 0.29) is 16.8 Å². The first-order chi connectivity index (χ1) is 8.56. The van der Waals surface area contributed by atoms with E-state index in [1.807, 2.05) is 0 Å². The summed E-state index contributed by atoms with van der Waals surface area (Å²) < 4.78 is 0. The zero-order valence-corrected chi connectivity index (χ0v) is 10.9. The number of hydrogen-bond acceptors (Lipinski definition) is 5. The third-order valence-corrected chi connectivity index (χ3v) is 3.04. The van der Waals surface area contributed by atoms with E-state index in [0.717, 1.165) is 0 Å². The highest BCUT2D eigenvalue weighted by molar-refractivity contribution is 7.14. The highest BCUT2D eigenvalue weighted by atomic mass is 35.5. The number of anilines is 1. The molecule has 0 radical (unpaired) electrons. The molecule has 5 nitrogen and oxygen atoms in total. The van der Waals surface area contributed by atoms with Crippen LogP contribution in [0.5, 0.6) is 0 Å². The maximum absolute atomic E-state index is 11.8. The zero-order chi connectivity index (χ0) is 13.1. The van der Waals surface area contributed by atoms with Gasteiger partial charge in [0.2, 0.25) is 0 Å². The SMILES string of the molecule is CC(=O)c1csc(NC(=O)c2ccnc(Cl)c2)n1. The van der Waals surface area contributed by atoms with E-state index in [0.29, 0.717) is 16.4 Å². The summed E-state index contributed by atoms with van der Waals surface area (Å²) in [5, 5.41) is 4.80. The summed E-state index contributed by atoms with van der Waals surface area (Å²) in [6.07, 6.45) is 1.44. The molecule has 0 unspecified atom stereocenters. The second-order valence-corrected chi connectivity index (χ2v) is 4.66.